The van der Waals surface area contributed by atoms with Crippen LogP contribution in [0.15, 0.2) is 42.9 Å². The van der Waals surface area contributed by atoms with Crippen molar-refractivity contribution in [2.45, 2.75) is 12.8 Å². The van der Waals surface area contributed by atoms with E-state index in [-0.39, 0.29) is 6.03 Å². The number of rotatable bonds is 4. The first-order chi connectivity index (χ1) is 12.3. The van der Waals surface area contributed by atoms with E-state index in [4.69, 9.17) is 0 Å². The normalized spacial score (nSPS) is 24.7. The molecule has 3 fully saturated rings. The largest absolute Gasteiger partial charge is 0.337 e. The number of nitrogens with one attached hydrogen (secondary N) is 2. The standard InChI is InChI=1S/C19H23N5O/c25-19(22-12-17-13-24-8-4-14(17)5-9-24)23-18-10-15(3-7-21-18)16-2-1-6-20-11-16/h1-3,6-7,10-11,14,17H,4-5,8-9,12-13H2,(H2,21,22,23,25)/t17-/m1/s1. The lowest BCUT2D eigenvalue weighted by Gasteiger charge is -2.44. The van der Waals surface area contributed by atoms with E-state index >= 15 is 0 Å². The van der Waals surface area contributed by atoms with Gasteiger partial charge in [0.15, 0.2) is 0 Å². The topological polar surface area (TPSA) is 70.2 Å². The van der Waals surface area contributed by atoms with Gasteiger partial charge in [0, 0.05) is 37.2 Å². The van der Waals surface area contributed by atoms with E-state index in [0.29, 0.717) is 11.7 Å². The average molecular weight is 337 g/mol. The first-order valence-corrected chi connectivity index (χ1v) is 8.91. The van der Waals surface area contributed by atoms with E-state index in [1.165, 1.54) is 25.9 Å². The van der Waals surface area contributed by atoms with Crippen LogP contribution < -0.4 is 10.6 Å². The number of hydrogen-bond acceptors (Lipinski definition) is 4. The Bertz CT molecular complexity index is 728. The minimum atomic E-state index is -0.188. The lowest BCUT2D eigenvalue weighted by atomic mass is 9.79. The van der Waals surface area contributed by atoms with Crippen LogP contribution in [0.25, 0.3) is 11.1 Å². The number of piperidine rings is 3. The van der Waals surface area contributed by atoms with E-state index in [1.807, 2.05) is 24.3 Å². The Hall–Kier alpha value is -2.47. The van der Waals surface area contributed by atoms with Gasteiger partial charge in [0.2, 0.25) is 0 Å². The van der Waals surface area contributed by atoms with Crippen LogP contribution in [0.4, 0.5) is 10.6 Å². The molecule has 0 aliphatic carbocycles. The van der Waals surface area contributed by atoms with Crippen molar-refractivity contribution in [2.75, 3.05) is 31.5 Å². The van der Waals surface area contributed by atoms with Crippen molar-refractivity contribution in [1.29, 1.82) is 0 Å². The van der Waals surface area contributed by atoms with Crippen LogP contribution in [0.2, 0.25) is 0 Å². The highest BCUT2D eigenvalue weighted by atomic mass is 16.2. The van der Waals surface area contributed by atoms with Crippen LogP contribution >= 0.6 is 0 Å². The summed E-state index contributed by atoms with van der Waals surface area (Å²) in [5.41, 5.74) is 1.98. The SMILES string of the molecule is O=C(NC[C@@H]1CN2CCC1CC2)Nc1cc(-c2cccnc2)ccn1. The Morgan fingerprint density at radius 1 is 1.20 bits per heavy atom. The second kappa shape index (κ2) is 7.19. The van der Waals surface area contributed by atoms with Crippen molar-refractivity contribution in [2.24, 2.45) is 11.8 Å². The fourth-order valence-electron chi connectivity index (χ4n) is 3.92. The molecule has 2 aromatic rings. The van der Waals surface area contributed by atoms with Crippen LogP contribution in [0.3, 0.4) is 0 Å². The Balaban J connectivity index is 1.33. The smallest absolute Gasteiger partial charge is 0.320 e. The molecule has 3 aliphatic heterocycles. The fourth-order valence-corrected chi connectivity index (χ4v) is 3.92. The molecule has 5 rings (SSSR count). The summed E-state index contributed by atoms with van der Waals surface area (Å²) in [6.45, 7) is 4.28. The highest BCUT2D eigenvalue weighted by Gasteiger charge is 2.33. The maximum atomic E-state index is 12.2. The van der Waals surface area contributed by atoms with Crippen molar-refractivity contribution in [3.63, 3.8) is 0 Å². The molecule has 0 radical (unpaired) electrons. The zero-order valence-electron chi connectivity index (χ0n) is 14.2. The van der Waals surface area contributed by atoms with Gasteiger partial charge in [-0.15, -0.1) is 0 Å². The maximum Gasteiger partial charge on any atom is 0.320 e. The molecule has 3 aliphatic rings. The van der Waals surface area contributed by atoms with Gasteiger partial charge in [0.1, 0.15) is 5.82 Å². The highest BCUT2D eigenvalue weighted by Crippen LogP contribution is 2.31. The van der Waals surface area contributed by atoms with E-state index in [2.05, 4.69) is 25.5 Å². The molecule has 1 atom stereocenters. The first kappa shape index (κ1) is 16.0. The van der Waals surface area contributed by atoms with Crippen molar-refractivity contribution in [1.82, 2.24) is 20.2 Å². The van der Waals surface area contributed by atoms with Crippen LogP contribution in [-0.2, 0) is 0 Å². The number of carbonyl (C=O) groups excluding carboxylic acids is 1. The zero-order chi connectivity index (χ0) is 17.1. The second-order valence-electron chi connectivity index (χ2n) is 6.90. The summed E-state index contributed by atoms with van der Waals surface area (Å²) >= 11 is 0. The van der Waals surface area contributed by atoms with E-state index < -0.39 is 0 Å². The van der Waals surface area contributed by atoms with Gasteiger partial charge < -0.3 is 10.2 Å². The Labute approximate surface area is 147 Å². The highest BCUT2D eigenvalue weighted by molar-refractivity contribution is 5.88. The van der Waals surface area contributed by atoms with Gasteiger partial charge in [-0.25, -0.2) is 9.78 Å². The summed E-state index contributed by atoms with van der Waals surface area (Å²) < 4.78 is 0. The van der Waals surface area contributed by atoms with Crippen molar-refractivity contribution in [3.8, 4) is 11.1 Å². The fraction of sp³-hybridized carbons (Fsp3) is 0.421. The quantitative estimate of drug-likeness (QED) is 0.900. The first-order valence-electron chi connectivity index (χ1n) is 8.91. The molecule has 2 amide bonds. The number of aromatic nitrogens is 2. The Kier molecular flexibility index (Phi) is 4.61. The number of hydrogen-bond donors (Lipinski definition) is 2. The average Bonchev–Trinajstić information content (AvgIpc) is 2.68. The lowest BCUT2D eigenvalue weighted by molar-refractivity contribution is 0.0525. The molecule has 6 nitrogen and oxygen atoms in total. The van der Waals surface area contributed by atoms with Crippen LogP contribution in [0.5, 0.6) is 0 Å². The minimum absolute atomic E-state index is 0.188. The predicted octanol–water partition coefficient (Wildman–Crippen LogP) is 2.61. The van der Waals surface area contributed by atoms with Gasteiger partial charge >= 0.3 is 6.03 Å². The monoisotopic (exact) mass is 337 g/mol. The zero-order valence-corrected chi connectivity index (χ0v) is 14.2. The third kappa shape index (κ3) is 3.79. The second-order valence-corrected chi connectivity index (χ2v) is 6.90. The summed E-state index contributed by atoms with van der Waals surface area (Å²) in [6, 6.07) is 7.47. The summed E-state index contributed by atoms with van der Waals surface area (Å²) in [5, 5.41) is 5.86. The molecule has 6 heteroatoms. The van der Waals surface area contributed by atoms with E-state index in [0.717, 1.165) is 30.1 Å². The number of pyridine rings is 2. The van der Waals surface area contributed by atoms with Crippen LogP contribution in [-0.4, -0.2) is 47.1 Å². The number of amides is 2. The summed E-state index contributed by atoms with van der Waals surface area (Å²) in [5.74, 6) is 1.88. The molecular formula is C19H23N5O. The summed E-state index contributed by atoms with van der Waals surface area (Å²) in [7, 11) is 0. The number of fused-ring (bicyclic) bond motifs is 3. The molecule has 0 saturated carbocycles. The number of urea groups is 1. The van der Waals surface area contributed by atoms with Gasteiger partial charge in [-0.05, 0) is 61.5 Å². The molecule has 5 heterocycles. The molecule has 0 unspecified atom stereocenters. The van der Waals surface area contributed by atoms with Gasteiger partial charge in [0.25, 0.3) is 0 Å². The molecule has 25 heavy (non-hydrogen) atoms. The summed E-state index contributed by atoms with van der Waals surface area (Å²) in [6.07, 6.45) is 7.77. The van der Waals surface area contributed by atoms with Crippen molar-refractivity contribution < 1.29 is 4.79 Å². The molecule has 0 spiro atoms. The third-order valence-electron chi connectivity index (χ3n) is 5.31. The maximum absolute atomic E-state index is 12.2. The Morgan fingerprint density at radius 3 is 2.80 bits per heavy atom. The van der Waals surface area contributed by atoms with Gasteiger partial charge in [-0.3, -0.25) is 10.3 Å². The number of carbonyl (C=O) groups is 1. The molecule has 2 N–H and O–H groups in total. The van der Waals surface area contributed by atoms with E-state index in [9.17, 15) is 4.79 Å². The van der Waals surface area contributed by atoms with Crippen LogP contribution in [0, 0.1) is 11.8 Å². The molecule has 2 aromatic heterocycles. The Morgan fingerprint density at radius 2 is 2.08 bits per heavy atom. The third-order valence-corrected chi connectivity index (χ3v) is 5.31. The number of nitrogens with zero attached hydrogens (tertiary/aromatic N) is 3. The van der Waals surface area contributed by atoms with Crippen molar-refractivity contribution in [3.05, 3.63) is 42.9 Å². The molecule has 0 aromatic carbocycles. The van der Waals surface area contributed by atoms with Crippen molar-refractivity contribution >= 4 is 11.8 Å². The molecule has 3 saturated heterocycles. The van der Waals surface area contributed by atoms with Crippen LogP contribution in [0.1, 0.15) is 12.8 Å². The van der Waals surface area contributed by atoms with Gasteiger partial charge in [-0.1, -0.05) is 6.07 Å². The van der Waals surface area contributed by atoms with E-state index in [1.54, 1.807) is 18.6 Å². The molecular weight excluding hydrogens is 314 g/mol. The predicted molar refractivity (Wildman–Crippen MR) is 97.1 cm³/mol. The molecule has 2 bridgehead atoms. The van der Waals surface area contributed by atoms with Gasteiger partial charge in [0.05, 0.1) is 0 Å². The van der Waals surface area contributed by atoms with Gasteiger partial charge in [-0.2, -0.15) is 0 Å². The number of anilines is 1. The minimum Gasteiger partial charge on any atom is -0.337 e. The lowest BCUT2D eigenvalue weighted by Crippen LogP contribution is -2.51. The summed E-state index contributed by atoms with van der Waals surface area (Å²) in [4.78, 5) is 23.1. The molecule has 130 valence electrons.